The molecule has 33 heavy (non-hydrogen) atoms. The molecule has 0 bridgehead atoms. The van der Waals surface area contributed by atoms with Gasteiger partial charge in [-0.05, 0) is 48.7 Å². The van der Waals surface area contributed by atoms with Crippen LogP contribution in [0.15, 0.2) is 51.7 Å². The second-order valence-corrected chi connectivity index (χ2v) is 10.4. The quantitative estimate of drug-likeness (QED) is 0.544. The second kappa shape index (κ2) is 8.90. The smallest absolute Gasteiger partial charge is 0.290 e. The van der Waals surface area contributed by atoms with Crippen LogP contribution in [0, 0.1) is 6.92 Å². The summed E-state index contributed by atoms with van der Waals surface area (Å²) in [5.41, 5.74) is 1.60. The summed E-state index contributed by atoms with van der Waals surface area (Å²) >= 11 is 0. The number of methoxy groups -OCH3 is 2. The Bertz CT molecular complexity index is 1380. The third-order valence-electron chi connectivity index (χ3n) is 5.81. The lowest BCUT2D eigenvalue weighted by molar-refractivity contribution is 0.0648. The number of benzene rings is 2. The Labute approximate surface area is 191 Å². The van der Waals surface area contributed by atoms with E-state index in [0.717, 1.165) is 11.1 Å². The first-order valence-corrected chi connectivity index (χ1v) is 12.3. The number of hydrogen-bond donors (Lipinski definition) is 0. The predicted octanol–water partition coefficient (Wildman–Crippen LogP) is 2.95. The molecule has 1 aliphatic heterocycles. The Morgan fingerprint density at radius 3 is 2.52 bits per heavy atom. The van der Waals surface area contributed by atoms with Gasteiger partial charge in [0.2, 0.25) is 0 Å². The average molecular weight is 472 g/mol. The number of ether oxygens (including phenoxy) is 2. The molecule has 1 atom stereocenters. The number of carbonyl (C=O) groups is 1. The van der Waals surface area contributed by atoms with E-state index in [0.29, 0.717) is 28.9 Å². The van der Waals surface area contributed by atoms with Gasteiger partial charge in [0.05, 0.1) is 31.1 Å². The topological polar surface area (TPSA) is 103 Å². The van der Waals surface area contributed by atoms with Crippen molar-refractivity contribution < 1.29 is 27.1 Å². The summed E-state index contributed by atoms with van der Waals surface area (Å²) in [6.45, 7) is 1.98. The normalized spacial score (nSPS) is 17.1. The van der Waals surface area contributed by atoms with Crippen LogP contribution in [0.25, 0.3) is 11.0 Å². The molecule has 174 valence electrons. The van der Waals surface area contributed by atoms with Crippen molar-refractivity contribution in [1.82, 2.24) is 4.90 Å². The molecular weight excluding hydrogens is 446 g/mol. The van der Waals surface area contributed by atoms with Crippen molar-refractivity contribution in [3.63, 3.8) is 0 Å². The van der Waals surface area contributed by atoms with Gasteiger partial charge in [-0.1, -0.05) is 12.1 Å². The zero-order valence-corrected chi connectivity index (χ0v) is 19.5. The fraction of sp³-hybridized carbons (Fsp3) is 0.333. The van der Waals surface area contributed by atoms with Crippen molar-refractivity contribution in [2.45, 2.75) is 25.9 Å². The minimum atomic E-state index is -3.25. The molecule has 0 radical (unpaired) electrons. The van der Waals surface area contributed by atoms with Gasteiger partial charge >= 0.3 is 0 Å². The average Bonchev–Trinajstić information content (AvgIpc) is 3.15. The van der Waals surface area contributed by atoms with Crippen LogP contribution >= 0.6 is 0 Å². The number of rotatable bonds is 6. The summed E-state index contributed by atoms with van der Waals surface area (Å²) < 4.78 is 40.8. The molecule has 0 N–H and O–H groups in total. The van der Waals surface area contributed by atoms with Crippen molar-refractivity contribution in [2.75, 3.05) is 25.7 Å². The lowest BCUT2D eigenvalue weighted by atomic mass is 10.1. The molecular formula is C24H25NO7S. The van der Waals surface area contributed by atoms with Crippen LogP contribution in [0.4, 0.5) is 0 Å². The van der Waals surface area contributed by atoms with Gasteiger partial charge in [-0.2, -0.15) is 0 Å². The molecule has 8 nitrogen and oxygen atoms in total. The summed E-state index contributed by atoms with van der Waals surface area (Å²) in [7, 11) is -0.210. The Morgan fingerprint density at radius 1 is 1.09 bits per heavy atom. The van der Waals surface area contributed by atoms with E-state index in [1.807, 2.05) is 6.92 Å². The molecule has 1 saturated heterocycles. The van der Waals surface area contributed by atoms with Gasteiger partial charge < -0.3 is 18.8 Å². The summed E-state index contributed by atoms with van der Waals surface area (Å²) in [5, 5.41) is 0.382. The predicted molar refractivity (Wildman–Crippen MR) is 124 cm³/mol. The van der Waals surface area contributed by atoms with Crippen molar-refractivity contribution in [1.29, 1.82) is 0 Å². The van der Waals surface area contributed by atoms with E-state index < -0.39 is 21.8 Å². The SMILES string of the molecule is COc1ccc(CN(C(=O)c2cc(=O)c3ccc(C)cc3o2)C2CCS(=O)(=O)C2)cc1OC. The third-order valence-corrected chi connectivity index (χ3v) is 7.56. The van der Waals surface area contributed by atoms with Gasteiger partial charge in [-0.25, -0.2) is 8.42 Å². The van der Waals surface area contributed by atoms with Crippen LogP contribution < -0.4 is 14.9 Å². The minimum absolute atomic E-state index is 0.00818. The van der Waals surface area contributed by atoms with Gasteiger partial charge in [0, 0.05) is 18.7 Å². The highest BCUT2D eigenvalue weighted by Gasteiger charge is 2.36. The van der Waals surface area contributed by atoms with E-state index in [-0.39, 0.29) is 29.2 Å². The van der Waals surface area contributed by atoms with E-state index in [1.54, 1.807) is 36.4 Å². The van der Waals surface area contributed by atoms with Crippen LogP contribution in [-0.4, -0.2) is 51.0 Å². The lowest BCUT2D eigenvalue weighted by Crippen LogP contribution is -2.40. The number of amides is 1. The van der Waals surface area contributed by atoms with Crippen molar-refractivity contribution in [3.8, 4) is 11.5 Å². The van der Waals surface area contributed by atoms with E-state index in [1.165, 1.54) is 25.2 Å². The highest BCUT2D eigenvalue weighted by Crippen LogP contribution is 2.30. The van der Waals surface area contributed by atoms with Crippen LogP contribution in [0.2, 0.25) is 0 Å². The van der Waals surface area contributed by atoms with Gasteiger partial charge in [-0.15, -0.1) is 0 Å². The number of sulfone groups is 1. The highest BCUT2D eigenvalue weighted by atomic mass is 32.2. The fourth-order valence-corrected chi connectivity index (χ4v) is 5.80. The summed E-state index contributed by atoms with van der Waals surface area (Å²) in [5.74, 6) is 0.250. The molecule has 3 aromatic rings. The van der Waals surface area contributed by atoms with Gasteiger partial charge in [0.25, 0.3) is 5.91 Å². The maximum atomic E-state index is 13.5. The maximum Gasteiger partial charge on any atom is 0.290 e. The third kappa shape index (κ3) is 4.73. The Morgan fingerprint density at radius 2 is 1.85 bits per heavy atom. The van der Waals surface area contributed by atoms with Crippen LogP contribution in [0.1, 0.15) is 28.1 Å². The summed E-state index contributed by atoms with van der Waals surface area (Å²) in [4.78, 5) is 27.6. The van der Waals surface area contributed by atoms with Crippen LogP contribution in [0.5, 0.6) is 11.5 Å². The first-order valence-electron chi connectivity index (χ1n) is 10.5. The molecule has 1 amide bonds. The number of nitrogens with zero attached hydrogens (tertiary/aromatic N) is 1. The molecule has 4 rings (SSSR count). The maximum absolute atomic E-state index is 13.5. The van der Waals surface area contributed by atoms with E-state index >= 15 is 0 Å². The van der Waals surface area contributed by atoms with E-state index in [4.69, 9.17) is 13.9 Å². The number of hydrogen-bond acceptors (Lipinski definition) is 7. The van der Waals surface area contributed by atoms with Gasteiger partial charge in [0.1, 0.15) is 5.58 Å². The van der Waals surface area contributed by atoms with E-state index in [9.17, 15) is 18.0 Å². The molecule has 0 saturated carbocycles. The minimum Gasteiger partial charge on any atom is -0.493 e. The molecule has 2 aromatic carbocycles. The zero-order valence-electron chi connectivity index (χ0n) is 18.7. The number of fused-ring (bicyclic) bond motifs is 1. The summed E-state index contributed by atoms with van der Waals surface area (Å²) in [6.07, 6.45) is 0.318. The highest BCUT2D eigenvalue weighted by molar-refractivity contribution is 7.91. The molecule has 9 heteroatoms. The fourth-order valence-electron chi connectivity index (χ4n) is 4.07. The van der Waals surface area contributed by atoms with E-state index in [2.05, 4.69) is 0 Å². The van der Waals surface area contributed by atoms with Crippen molar-refractivity contribution in [3.05, 3.63) is 69.6 Å². The first kappa shape index (κ1) is 22.8. The van der Waals surface area contributed by atoms with Gasteiger partial charge in [-0.3, -0.25) is 9.59 Å². The van der Waals surface area contributed by atoms with Crippen molar-refractivity contribution >= 4 is 26.7 Å². The first-order chi connectivity index (χ1) is 15.7. The largest absolute Gasteiger partial charge is 0.493 e. The van der Waals surface area contributed by atoms with Crippen molar-refractivity contribution in [2.24, 2.45) is 0 Å². The Hall–Kier alpha value is -3.33. The monoisotopic (exact) mass is 471 g/mol. The molecule has 1 fully saturated rings. The number of aryl methyl sites for hydroxylation is 1. The Balaban J connectivity index is 1.74. The summed E-state index contributed by atoms with van der Waals surface area (Å²) in [6, 6.07) is 11.0. The molecule has 2 heterocycles. The molecule has 1 aromatic heterocycles. The number of carbonyl (C=O) groups excluding carboxylic acids is 1. The molecule has 0 spiro atoms. The molecule has 0 aliphatic carbocycles. The zero-order chi connectivity index (χ0) is 23.8. The second-order valence-electron chi connectivity index (χ2n) is 8.15. The van der Waals surface area contributed by atoms with Gasteiger partial charge in [0.15, 0.2) is 32.5 Å². The molecule has 1 aliphatic rings. The standard InChI is InChI=1S/C24H25NO7S/c1-15-4-6-18-19(26)12-23(32-21(18)10-15)24(27)25(17-8-9-33(28,29)14-17)13-16-5-7-20(30-2)22(11-16)31-3/h4-7,10-12,17H,8-9,13-14H2,1-3H3. The lowest BCUT2D eigenvalue weighted by Gasteiger charge is -2.28. The Kier molecular flexibility index (Phi) is 6.16. The van der Waals surface area contributed by atoms with Crippen LogP contribution in [-0.2, 0) is 16.4 Å². The van der Waals surface area contributed by atoms with Crippen LogP contribution in [0.3, 0.4) is 0 Å². The molecule has 1 unspecified atom stereocenters.